The molecule has 20 heavy (non-hydrogen) atoms. The van der Waals surface area contributed by atoms with E-state index in [1.165, 1.54) is 11.1 Å². The molecule has 4 nitrogen and oxygen atoms in total. The summed E-state index contributed by atoms with van der Waals surface area (Å²) in [6.07, 6.45) is 2.46. The molecule has 2 aliphatic rings. The van der Waals surface area contributed by atoms with Crippen molar-refractivity contribution in [3.8, 4) is 0 Å². The Labute approximate surface area is 118 Å². The lowest BCUT2D eigenvalue weighted by Gasteiger charge is -2.00. The van der Waals surface area contributed by atoms with Crippen LogP contribution >= 0.6 is 7.37 Å². The van der Waals surface area contributed by atoms with E-state index in [2.05, 4.69) is 6.92 Å². The standard InChI is InChI=1S/C15H19O4P/c1-3-10-14-9(6-8-12(16)17)5-7-11(15(10)14)20(18)13(4-2)19-20/h5,7,10,13H,3-4,6,8H2,1-2H3,(H,16,17). The molecule has 5 heteroatoms. The summed E-state index contributed by atoms with van der Waals surface area (Å²) in [7, 11) is -2.59. The van der Waals surface area contributed by atoms with Crippen molar-refractivity contribution in [2.75, 3.05) is 0 Å². The van der Waals surface area contributed by atoms with Gasteiger partial charge in [-0.2, -0.15) is 0 Å². The fourth-order valence-electron chi connectivity index (χ4n) is 3.16. The number of aryl methyl sites for hydroxylation is 1. The molecule has 0 bridgehead atoms. The lowest BCUT2D eigenvalue weighted by atomic mass is 10.1. The molecule has 1 saturated heterocycles. The maximum atomic E-state index is 12.7. The highest BCUT2D eigenvalue weighted by Crippen LogP contribution is 2.72. The first-order chi connectivity index (χ1) is 9.52. The molecule has 1 fully saturated rings. The summed E-state index contributed by atoms with van der Waals surface area (Å²) < 4.78 is 18.1. The number of rotatable bonds is 6. The number of carbonyl (C=O) groups is 1. The fourth-order valence-corrected chi connectivity index (χ4v) is 5.67. The van der Waals surface area contributed by atoms with Gasteiger partial charge in [-0.3, -0.25) is 9.36 Å². The average Bonchev–Trinajstić information content (AvgIpc) is 3.30. The first kappa shape index (κ1) is 13.8. The third kappa shape index (κ3) is 2.02. The normalized spacial score (nSPS) is 29.9. The van der Waals surface area contributed by atoms with Crippen molar-refractivity contribution in [1.29, 1.82) is 0 Å². The number of aliphatic carboxylic acids is 1. The van der Waals surface area contributed by atoms with E-state index in [0.717, 1.165) is 23.7 Å². The third-order valence-corrected chi connectivity index (χ3v) is 6.93. The average molecular weight is 294 g/mol. The zero-order chi connectivity index (χ0) is 14.5. The van der Waals surface area contributed by atoms with Crippen molar-refractivity contribution in [3.05, 3.63) is 28.8 Å². The Bertz CT molecular complexity index is 623. The molecule has 0 spiro atoms. The third-order valence-electron chi connectivity index (χ3n) is 4.28. The Morgan fingerprint density at radius 2 is 2.05 bits per heavy atom. The van der Waals surface area contributed by atoms with Crippen molar-refractivity contribution in [1.82, 2.24) is 0 Å². The Kier molecular flexibility index (Phi) is 3.26. The van der Waals surface area contributed by atoms with Gasteiger partial charge in [0.1, 0.15) is 5.85 Å². The zero-order valence-electron chi connectivity index (χ0n) is 11.8. The smallest absolute Gasteiger partial charge is 0.303 e. The Morgan fingerprint density at radius 3 is 2.60 bits per heavy atom. The molecule has 1 aromatic carbocycles. The van der Waals surface area contributed by atoms with Crippen LogP contribution in [-0.4, -0.2) is 16.9 Å². The van der Waals surface area contributed by atoms with E-state index in [-0.39, 0.29) is 12.3 Å². The number of hydrogen-bond donors (Lipinski definition) is 1. The fraction of sp³-hybridized carbons (Fsp3) is 0.533. The van der Waals surface area contributed by atoms with Crippen LogP contribution in [0.15, 0.2) is 12.1 Å². The second-order valence-corrected chi connectivity index (χ2v) is 7.95. The van der Waals surface area contributed by atoms with E-state index in [1.54, 1.807) is 0 Å². The summed E-state index contributed by atoms with van der Waals surface area (Å²) in [5.74, 6) is -0.521. The van der Waals surface area contributed by atoms with Crippen LogP contribution < -0.4 is 5.30 Å². The molecule has 0 aromatic heterocycles. The quantitative estimate of drug-likeness (QED) is 0.646. The van der Waals surface area contributed by atoms with Crippen LogP contribution in [0.1, 0.15) is 55.7 Å². The first-order valence-electron chi connectivity index (χ1n) is 7.19. The second-order valence-electron chi connectivity index (χ2n) is 5.49. The van der Waals surface area contributed by atoms with Gasteiger partial charge in [-0.1, -0.05) is 19.9 Å². The van der Waals surface area contributed by atoms with Crippen molar-refractivity contribution >= 4 is 18.6 Å². The molecular formula is C15H19O4P. The molecule has 1 heterocycles. The molecule has 1 aliphatic heterocycles. The zero-order valence-corrected chi connectivity index (χ0v) is 12.7. The van der Waals surface area contributed by atoms with Crippen LogP contribution in [0, 0.1) is 0 Å². The van der Waals surface area contributed by atoms with Gasteiger partial charge in [0.05, 0.1) is 0 Å². The van der Waals surface area contributed by atoms with Crippen LogP contribution in [0.25, 0.3) is 0 Å². The van der Waals surface area contributed by atoms with Gasteiger partial charge in [-0.15, -0.1) is 0 Å². The highest BCUT2D eigenvalue weighted by molar-refractivity contribution is 7.73. The molecule has 0 saturated carbocycles. The van der Waals surface area contributed by atoms with E-state index in [1.807, 2.05) is 19.1 Å². The monoisotopic (exact) mass is 294 g/mol. The maximum Gasteiger partial charge on any atom is 0.303 e. The van der Waals surface area contributed by atoms with Gasteiger partial charge in [0.25, 0.3) is 7.37 Å². The second kappa shape index (κ2) is 4.71. The van der Waals surface area contributed by atoms with E-state index < -0.39 is 13.3 Å². The first-order valence-corrected chi connectivity index (χ1v) is 8.88. The minimum atomic E-state index is -2.59. The molecule has 0 amide bonds. The largest absolute Gasteiger partial charge is 0.481 e. The van der Waals surface area contributed by atoms with Gasteiger partial charge in [0.2, 0.25) is 0 Å². The molecule has 1 N–H and O–H groups in total. The van der Waals surface area contributed by atoms with Crippen LogP contribution in [0.3, 0.4) is 0 Å². The minimum absolute atomic E-state index is 0.102. The molecule has 0 radical (unpaired) electrons. The number of carboxylic acids is 1. The summed E-state index contributed by atoms with van der Waals surface area (Å²) in [6, 6.07) is 3.85. The number of fused-ring (bicyclic) bond motifs is 1. The summed E-state index contributed by atoms with van der Waals surface area (Å²) >= 11 is 0. The number of carboxylic acid groups (broad SMARTS) is 1. The predicted octanol–water partition coefficient (Wildman–Crippen LogP) is 3.23. The van der Waals surface area contributed by atoms with Gasteiger partial charge in [0.15, 0.2) is 0 Å². The Hall–Kier alpha value is -1.12. The Balaban J connectivity index is 1.90. The lowest BCUT2D eigenvalue weighted by Crippen LogP contribution is -2.01. The minimum Gasteiger partial charge on any atom is -0.481 e. The van der Waals surface area contributed by atoms with Crippen molar-refractivity contribution in [2.45, 2.75) is 51.3 Å². The number of benzene rings is 1. The molecule has 3 atom stereocenters. The summed E-state index contributed by atoms with van der Waals surface area (Å²) in [6.45, 7) is 4.09. The van der Waals surface area contributed by atoms with E-state index in [0.29, 0.717) is 12.3 Å². The Morgan fingerprint density at radius 1 is 1.30 bits per heavy atom. The molecular weight excluding hydrogens is 275 g/mol. The van der Waals surface area contributed by atoms with Crippen molar-refractivity contribution in [3.63, 3.8) is 0 Å². The van der Waals surface area contributed by atoms with E-state index >= 15 is 0 Å². The summed E-state index contributed by atoms with van der Waals surface area (Å²) in [4.78, 5) is 10.7. The molecule has 3 unspecified atom stereocenters. The van der Waals surface area contributed by atoms with Crippen LogP contribution in [0.2, 0.25) is 0 Å². The maximum absolute atomic E-state index is 12.7. The van der Waals surface area contributed by atoms with Crippen LogP contribution in [0.5, 0.6) is 0 Å². The SMILES string of the molecule is CCC1c2c(CCC(=O)O)ccc(P3(=O)OC3CC)c21. The molecule has 3 rings (SSSR count). The number of hydrogen-bond acceptors (Lipinski definition) is 3. The lowest BCUT2D eigenvalue weighted by molar-refractivity contribution is -0.136. The molecule has 108 valence electrons. The van der Waals surface area contributed by atoms with Crippen molar-refractivity contribution in [2.24, 2.45) is 0 Å². The van der Waals surface area contributed by atoms with E-state index in [4.69, 9.17) is 9.63 Å². The van der Waals surface area contributed by atoms with Crippen molar-refractivity contribution < 1.29 is 19.0 Å². The van der Waals surface area contributed by atoms with Crippen LogP contribution in [0.4, 0.5) is 0 Å². The highest BCUT2D eigenvalue weighted by atomic mass is 31.2. The van der Waals surface area contributed by atoms with Gasteiger partial charge in [-0.25, -0.2) is 0 Å². The van der Waals surface area contributed by atoms with Gasteiger partial charge in [-0.05, 0) is 42.0 Å². The highest BCUT2D eigenvalue weighted by Gasteiger charge is 2.56. The van der Waals surface area contributed by atoms with Crippen LogP contribution in [-0.2, 0) is 20.3 Å². The molecule has 1 aliphatic carbocycles. The van der Waals surface area contributed by atoms with Gasteiger partial charge < -0.3 is 9.63 Å². The summed E-state index contributed by atoms with van der Waals surface area (Å²) in [5.41, 5.74) is 3.50. The predicted molar refractivity (Wildman–Crippen MR) is 76.9 cm³/mol. The molecule has 1 aromatic rings. The van der Waals surface area contributed by atoms with Gasteiger partial charge in [0, 0.05) is 17.6 Å². The van der Waals surface area contributed by atoms with Gasteiger partial charge >= 0.3 is 5.97 Å². The topological polar surface area (TPSA) is 66.9 Å². The van der Waals surface area contributed by atoms with E-state index in [9.17, 15) is 9.36 Å². The summed E-state index contributed by atoms with van der Waals surface area (Å²) in [5, 5.41) is 9.70.